The predicted octanol–water partition coefficient (Wildman–Crippen LogP) is 3.47. The van der Waals surface area contributed by atoms with E-state index in [-0.39, 0.29) is 11.1 Å². The molecule has 0 aromatic heterocycles. The van der Waals surface area contributed by atoms with Crippen molar-refractivity contribution in [3.63, 3.8) is 0 Å². The van der Waals surface area contributed by atoms with Crippen LogP contribution in [-0.2, 0) is 6.18 Å². The van der Waals surface area contributed by atoms with Crippen molar-refractivity contribution in [1.82, 2.24) is 4.90 Å². The van der Waals surface area contributed by atoms with Crippen LogP contribution in [0.15, 0.2) is 18.2 Å². The maximum absolute atomic E-state index is 12.5. The summed E-state index contributed by atoms with van der Waals surface area (Å²) in [7, 11) is 2.01. The van der Waals surface area contributed by atoms with Gasteiger partial charge in [-0.2, -0.15) is 13.2 Å². The number of halogens is 4. The van der Waals surface area contributed by atoms with Gasteiger partial charge in [0.1, 0.15) is 0 Å². The molecular formula is C12H14ClF3N2. The molecule has 2 rings (SSSR count). The summed E-state index contributed by atoms with van der Waals surface area (Å²) in [5.41, 5.74) is -0.161. The number of nitrogens with zero attached hydrogens (tertiary/aromatic N) is 1. The third-order valence-corrected chi connectivity index (χ3v) is 3.36. The molecule has 100 valence electrons. The Morgan fingerprint density at radius 3 is 2.61 bits per heavy atom. The molecular weight excluding hydrogens is 265 g/mol. The number of alkyl halides is 3. The molecule has 1 atom stereocenters. The molecule has 1 aromatic rings. The van der Waals surface area contributed by atoms with Crippen molar-refractivity contribution in [2.24, 2.45) is 0 Å². The fourth-order valence-corrected chi connectivity index (χ4v) is 2.32. The van der Waals surface area contributed by atoms with Gasteiger partial charge in [0, 0.05) is 12.6 Å². The van der Waals surface area contributed by atoms with Gasteiger partial charge in [0.2, 0.25) is 0 Å². The van der Waals surface area contributed by atoms with Crippen LogP contribution >= 0.6 is 11.6 Å². The van der Waals surface area contributed by atoms with Crippen LogP contribution in [0, 0.1) is 0 Å². The second-order valence-corrected chi connectivity index (χ2v) is 4.99. The number of likely N-dealkylation sites (N-methyl/N-ethyl adjacent to an activating group) is 1. The second-order valence-electron chi connectivity index (χ2n) is 4.58. The van der Waals surface area contributed by atoms with Crippen molar-refractivity contribution < 1.29 is 13.2 Å². The molecule has 0 spiro atoms. The standard InChI is InChI=1S/C12H14ClF3N2/c1-18-5-4-9(7-18)17-11-3-2-8(6-10(11)13)12(14,15)16/h2-3,6,9,17H,4-5,7H2,1H3. The highest BCUT2D eigenvalue weighted by Gasteiger charge is 2.31. The minimum absolute atomic E-state index is 0.111. The molecule has 1 aromatic carbocycles. The summed E-state index contributed by atoms with van der Waals surface area (Å²) in [5.74, 6) is 0. The van der Waals surface area contributed by atoms with E-state index in [9.17, 15) is 13.2 Å². The van der Waals surface area contributed by atoms with Crippen LogP contribution in [0.4, 0.5) is 18.9 Å². The summed E-state index contributed by atoms with van der Waals surface area (Å²) in [6.07, 6.45) is -3.39. The molecule has 1 fully saturated rings. The Bertz CT molecular complexity index is 434. The van der Waals surface area contributed by atoms with E-state index in [2.05, 4.69) is 10.2 Å². The molecule has 0 bridgehead atoms. The Morgan fingerprint density at radius 1 is 1.39 bits per heavy atom. The first-order valence-corrected chi connectivity index (χ1v) is 6.06. The second kappa shape index (κ2) is 4.97. The average Bonchev–Trinajstić information content (AvgIpc) is 2.65. The van der Waals surface area contributed by atoms with E-state index < -0.39 is 11.7 Å². The Morgan fingerprint density at radius 2 is 2.11 bits per heavy atom. The summed E-state index contributed by atoms with van der Waals surface area (Å²) >= 11 is 5.87. The number of nitrogens with one attached hydrogen (secondary N) is 1. The lowest BCUT2D eigenvalue weighted by molar-refractivity contribution is -0.137. The number of rotatable bonds is 2. The van der Waals surface area contributed by atoms with Gasteiger partial charge in [0.15, 0.2) is 0 Å². The molecule has 18 heavy (non-hydrogen) atoms. The van der Waals surface area contributed by atoms with Gasteiger partial charge in [0.05, 0.1) is 16.3 Å². The van der Waals surface area contributed by atoms with Gasteiger partial charge in [-0.25, -0.2) is 0 Å². The molecule has 1 saturated heterocycles. The van der Waals surface area contributed by atoms with Crippen LogP contribution in [0.25, 0.3) is 0 Å². The molecule has 0 aliphatic carbocycles. The molecule has 1 heterocycles. The summed E-state index contributed by atoms with van der Waals surface area (Å²) in [6.45, 7) is 1.85. The zero-order valence-corrected chi connectivity index (χ0v) is 10.6. The monoisotopic (exact) mass is 278 g/mol. The minimum Gasteiger partial charge on any atom is -0.380 e. The van der Waals surface area contributed by atoms with Gasteiger partial charge in [-0.3, -0.25) is 0 Å². The maximum Gasteiger partial charge on any atom is 0.416 e. The average molecular weight is 279 g/mol. The largest absolute Gasteiger partial charge is 0.416 e. The first kappa shape index (κ1) is 13.5. The van der Waals surface area contributed by atoms with E-state index >= 15 is 0 Å². The van der Waals surface area contributed by atoms with E-state index in [1.54, 1.807) is 0 Å². The summed E-state index contributed by atoms with van der Waals surface area (Å²) < 4.78 is 37.4. The lowest BCUT2D eigenvalue weighted by Gasteiger charge is -2.16. The minimum atomic E-state index is -4.35. The molecule has 0 amide bonds. The van der Waals surface area contributed by atoms with Crippen molar-refractivity contribution in [3.05, 3.63) is 28.8 Å². The Kier molecular flexibility index (Phi) is 3.73. The molecule has 0 saturated carbocycles. The molecule has 0 radical (unpaired) electrons. The molecule has 1 N–H and O–H groups in total. The Balaban J connectivity index is 2.10. The number of likely N-dealkylation sites (tertiary alicyclic amines) is 1. The normalized spacial score (nSPS) is 21.3. The highest BCUT2D eigenvalue weighted by Crippen LogP contribution is 2.34. The van der Waals surface area contributed by atoms with Gasteiger partial charge >= 0.3 is 6.18 Å². The quantitative estimate of drug-likeness (QED) is 0.891. The highest BCUT2D eigenvalue weighted by atomic mass is 35.5. The highest BCUT2D eigenvalue weighted by molar-refractivity contribution is 6.33. The third-order valence-electron chi connectivity index (χ3n) is 3.05. The molecule has 1 unspecified atom stereocenters. The molecule has 2 nitrogen and oxygen atoms in total. The number of hydrogen-bond donors (Lipinski definition) is 1. The van der Waals surface area contributed by atoms with E-state index in [4.69, 9.17) is 11.6 Å². The van der Waals surface area contributed by atoms with Crippen molar-refractivity contribution in [3.8, 4) is 0 Å². The van der Waals surface area contributed by atoms with Gasteiger partial charge < -0.3 is 10.2 Å². The fourth-order valence-electron chi connectivity index (χ4n) is 2.08. The fraction of sp³-hybridized carbons (Fsp3) is 0.500. The van der Waals surface area contributed by atoms with Crippen LogP contribution < -0.4 is 5.32 Å². The number of hydrogen-bond acceptors (Lipinski definition) is 2. The van der Waals surface area contributed by atoms with Crippen molar-refractivity contribution in [1.29, 1.82) is 0 Å². The molecule has 1 aliphatic rings. The van der Waals surface area contributed by atoms with Crippen molar-refractivity contribution >= 4 is 17.3 Å². The summed E-state index contributed by atoms with van der Waals surface area (Å²) in [4.78, 5) is 2.16. The van der Waals surface area contributed by atoms with Crippen LogP contribution in [0.5, 0.6) is 0 Å². The Hall–Kier alpha value is -0.940. The van der Waals surface area contributed by atoms with E-state index in [0.717, 1.165) is 31.6 Å². The van der Waals surface area contributed by atoms with Gasteiger partial charge in [-0.15, -0.1) is 0 Å². The van der Waals surface area contributed by atoms with Gasteiger partial charge in [-0.1, -0.05) is 11.6 Å². The van der Waals surface area contributed by atoms with E-state index in [1.165, 1.54) is 6.07 Å². The van der Waals surface area contributed by atoms with Crippen molar-refractivity contribution in [2.45, 2.75) is 18.6 Å². The van der Waals surface area contributed by atoms with Gasteiger partial charge in [-0.05, 0) is 38.2 Å². The van der Waals surface area contributed by atoms with Gasteiger partial charge in [0.25, 0.3) is 0 Å². The first-order valence-electron chi connectivity index (χ1n) is 5.68. The van der Waals surface area contributed by atoms with Crippen LogP contribution in [0.1, 0.15) is 12.0 Å². The first-order chi connectivity index (χ1) is 8.36. The molecule has 6 heteroatoms. The van der Waals surface area contributed by atoms with Crippen LogP contribution in [0.2, 0.25) is 5.02 Å². The maximum atomic E-state index is 12.5. The zero-order valence-electron chi connectivity index (χ0n) is 9.89. The summed E-state index contributed by atoms with van der Waals surface area (Å²) in [5, 5.41) is 3.29. The Labute approximate surface area is 109 Å². The lowest BCUT2D eigenvalue weighted by Crippen LogP contribution is -2.23. The topological polar surface area (TPSA) is 15.3 Å². The van der Waals surface area contributed by atoms with Crippen LogP contribution in [0.3, 0.4) is 0 Å². The van der Waals surface area contributed by atoms with Crippen molar-refractivity contribution in [2.75, 3.05) is 25.5 Å². The lowest BCUT2D eigenvalue weighted by atomic mass is 10.1. The molecule has 1 aliphatic heterocycles. The third kappa shape index (κ3) is 3.09. The number of benzene rings is 1. The zero-order chi connectivity index (χ0) is 13.3. The SMILES string of the molecule is CN1CCC(Nc2ccc(C(F)(F)F)cc2Cl)C1. The summed E-state index contributed by atoms with van der Waals surface area (Å²) in [6, 6.07) is 3.64. The number of anilines is 1. The smallest absolute Gasteiger partial charge is 0.380 e. The van der Waals surface area contributed by atoms with E-state index in [1.807, 2.05) is 7.05 Å². The van der Waals surface area contributed by atoms with E-state index in [0.29, 0.717) is 5.69 Å². The van der Waals surface area contributed by atoms with Crippen LogP contribution in [-0.4, -0.2) is 31.1 Å². The predicted molar refractivity (Wildman–Crippen MR) is 66.0 cm³/mol.